The lowest BCUT2D eigenvalue weighted by Gasteiger charge is -1.97. The largest absolute Gasteiger partial charge is 0.381 e. The van der Waals surface area contributed by atoms with Crippen molar-refractivity contribution in [3.8, 4) is 11.5 Å². The number of hydrogen-bond acceptors (Lipinski definition) is 5. The molecular formula is C13H12N4O2. The van der Waals surface area contributed by atoms with Gasteiger partial charge in [0.2, 0.25) is 0 Å². The Balaban J connectivity index is 1.76. The van der Waals surface area contributed by atoms with E-state index in [1.807, 2.05) is 24.4 Å². The minimum atomic E-state index is 0.249. The Morgan fingerprint density at radius 3 is 3.21 bits per heavy atom. The van der Waals surface area contributed by atoms with Gasteiger partial charge >= 0.3 is 0 Å². The maximum Gasteiger partial charge on any atom is 0.261 e. The van der Waals surface area contributed by atoms with Crippen LogP contribution >= 0.6 is 0 Å². The Labute approximate surface area is 109 Å². The van der Waals surface area contributed by atoms with Gasteiger partial charge in [-0.05, 0) is 18.6 Å². The van der Waals surface area contributed by atoms with Crippen LogP contribution in [0.5, 0.6) is 0 Å². The zero-order chi connectivity index (χ0) is 12.7. The summed E-state index contributed by atoms with van der Waals surface area (Å²) < 4.78 is 12.5. The third kappa shape index (κ3) is 1.72. The fourth-order valence-electron chi connectivity index (χ4n) is 2.35. The van der Waals surface area contributed by atoms with E-state index in [0.29, 0.717) is 12.5 Å². The van der Waals surface area contributed by atoms with E-state index in [1.165, 1.54) is 0 Å². The second kappa shape index (κ2) is 4.17. The van der Waals surface area contributed by atoms with Gasteiger partial charge in [0, 0.05) is 18.7 Å². The van der Waals surface area contributed by atoms with Crippen LogP contribution in [-0.2, 0) is 4.74 Å². The Bertz CT molecular complexity index is 712. The normalized spacial score (nSPS) is 19.3. The van der Waals surface area contributed by atoms with Crippen molar-refractivity contribution in [2.24, 2.45) is 0 Å². The zero-order valence-corrected chi connectivity index (χ0v) is 10.2. The predicted molar refractivity (Wildman–Crippen MR) is 66.7 cm³/mol. The average Bonchev–Trinajstić information content (AvgIpc) is 3.18. The summed E-state index contributed by atoms with van der Waals surface area (Å²) in [4.78, 5) is 4.47. The molecule has 0 spiro atoms. The van der Waals surface area contributed by atoms with Crippen LogP contribution in [0, 0.1) is 0 Å². The Kier molecular flexibility index (Phi) is 2.34. The van der Waals surface area contributed by atoms with Gasteiger partial charge in [0.15, 0.2) is 5.82 Å². The van der Waals surface area contributed by atoms with E-state index < -0.39 is 0 Å². The average molecular weight is 256 g/mol. The molecule has 6 heteroatoms. The molecule has 4 rings (SSSR count). The highest BCUT2D eigenvalue weighted by atomic mass is 16.5. The number of rotatable bonds is 2. The van der Waals surface area contributed by atoms with E-state index in [0.717, 1.165) is 29.9 Å². The number of ether oxygens (including phenoxy) is 1. The molecule has 19 heavy (non-hydrogen) atoms. The number of fused-ring (bicyclic) bond motifs is 1. The van der Waals surface area contributed by atoms with Crippen molar-refractivity contribution in [3.05, 3.63) is 36.4 Å². The summed E-state index contributed by atoms with van der Waals surface area (Å²) in [5, 5.41) is 8.32. The Morgan fingerprint density at radius 2 is 2.32 bits per heavy atom. The SMILES string of the molecule is c1ccn2ncc(-c3nc(C4CCOC4)no3)c2c1. The molecule has 0 bridgehead atoms. The fourth-order valence-corrected chi connectivity index (χ4v) is 2.35. The third-order valence-electron chi connectivity index (χ3n) is 3.39. The quantitative estimate of drug-likeness (QED) is 0.700. The molecule has 0 amide bonds. The van der Waals surface area contributed by atoms with Crippen molar-refractivity contribution in [2.75, 3.05) is 13.2 Å². The molecule has 0 aromatic carbocycles. The van der Waals surface area contributed by atoms with Crippen LogP contribution in [0.4, 0.5) is 0 Å². The molecule has 96 valence electrons. The molecule has 0 radical (unpaired) electrons. The van der Waals surface area contributed by atoms with Crippen molar-refractivity contribution in [1.82, 2.24) is 19.8 Å². The summed E-state index contributed by atoms with van der Waals surface area (Å²) in [7, 11) is 0. The standard InChI is InChI=1S/C13H12N4O2/c1-2-5-17-11(3-1)10(7-14-17)13-15-12(16-19-13)9-4-6-18-8-9/h1-3,5,7,9H,4,6,8H2. The molecule has 0 N–H and O–H groups in total. The van der Waals surface area contributed by atoms with Gasteiger partial charge in [-0.1, -0.05) is 11.2 Å². The Hall–Kier alpha value is -2.21. The van der Waals surface area contributed by atoms with Gasteiger partial charge in [0.1, 0.15) is 0 Å². The molecule has 1 atom stereocenters. The van der Waals surface area contributed by atoms with Crippen molar-refractivity contribution in [1.29, 1.82) is 0 Å². The van der Waals surface area contributed by atoms with Gasteiger partial charge in [-0.15, -0.1) is 0 Å². The van der Waals surface area contributed by atoms with E-state index in [-0.39, 0.29) is 5.92 Å². The van der Waals surface area contributed by atoms with Crippen LogP contribution < -0.4 is 0 Å². The fraction of sp³-hybridized carbons (Fsp3) is 0.308. The first-order valence-corrected chi connectivity index (χ1v) is 6.26. The maximum atomic E-state index is 5.36. The molecule has 1 aliphatic heterocycles. The summed E-state index contributed by atoms with van der Waals surface area (Å²) in [5.74, 6) is 1.49. The van der Waals surface area contributed by atoms with Crippen LogP contribution in [-0.4, -0.2) is 33.0 Å². The molecule has 6 nitrogen and oxygen atoms in total. The number of pyridine rings is 1. The van der Waals surface area contributed by atoms with E-state index in [4.69, 9.17) is 9.26 Å². The molecule has 0 aliphatic carbocycles. The van der Waals surface area contributed by atoms with E-state index in [2.05, 4.69) is 15.2 Å². The molecule has 1 saturated heterocycles. The third-order valence-corrected chi connectivity index (χ3v) is 3.39. The summed E-state index contributed by atoms with van der Waals surface area (Å²) in [6.07, 6.45) is 4.59. The Morgan fingerprint density at radius 1 is 1.32 bits per heavy atom. The molecule has 1 fully saturated rings. The highest BCUT2D eigenvalue weighted by Crippen LogP contribution is 2.27. The molecule has 3 aromatic rings. The zero-order valence-electron chi connectivity index (χ0n) is 10.2. The smallest absolute Gasteiger partial charge is 0.261 e. The minimum Gasteiger partial charge on any atom is -0.381 e. The van der Waals surface area contributed by atoms with Crippen LogP contribution in [0.1, 0.15) is 18.2 Å². The van der Waals surface area contributed by atoms with Crippen molar-refractivity contribution in [3.63, 3.8) is 0 Å². The lowest BCUT2D eigenvalue weighted by molar-refractivity contribution is 0.192. The minimum absolute atomic E-state index is 0.249. The van der Waals surface area contributed by atoms with E-state index in [1.54, 1.807) is 10.7 Å². The van der Waals surface area contributed by atoms with Crippen LogP contribution in [0.15, 0.2) is 35.1 Å². The van der Waals surface area contributed by atoms with E-state index >= 15 is 0 Å². The monoisotopic (exact) mass is 256 g/mol. The van der Waals surface area contributed by atoms with Crippen molar-refractivity contribution in [2.45, 2.75) is 12.3 Å². The number of nitrogens with zero attached hydrogens (tertiary/aromatic N) is 4. The molecule has 1 aliphatic rings. The molecular weight excluding hydrogens is 244 g/mol. The van der Waals surface area contributed by atoms with Gasteiger partial charge in [-0.3, -0.25) is 0 Å². The van der Waals surface area contributed by atoms with E-state index in [9.17, 15) is 0 Å². The topological polar surface area (TPSA) is 65.5 Å². The highest BCUT2D eigenvalue weighted by Gasteiger charge is 2.24. The van der Waals surface area contributed by atoms with Crippen LogP contribution in [0.3, 0.4) is 0 Å². The number of aromatic nitrogens is 4. The first kappa shape index (κ1) is 10.7. The lowest BCUT2D eigenvalue weighted by Crippen LogP contribution is -1.99. The summed E-state index contributed by atoms with van der Waals surface area (Å²) >= 11 is 0. The number of hydrogen-bond donors (Lipinski definition) is 0. The summed E-state index contributed by atoms with van der Waals surface area (Å²) in [6, 6.07) is 5.87. The molecule has 3 aromatic heterocycles. The van der Waals surface area contributed by atoms with Gasteiger partial charge in [0.25, 0.3) is 5.89 Å². The second-order valence-corrected chi connectivity index (χ2v) is 4.61. The van der Waals surface area contributed by atoms with Crippen LogP contribution in [0.2, 0.25) is 0 Å². The predicted octanol–water partition coefficient (Wildman–Crippen LogP) is 1.89. The first-order valence-electron chi connectivity index (χ1n) is 6.26. The van der Waals surface area contributed by atoms with Crippen molar-refractivity contribution >= 4 is 5.52 Å². The molecule has 4 heterocycles. The summed E-state index contributed by atoms with van der Waals surface area (Å²) in [5.41, 5.74) is 1.82. The first-order chi connectivity index (χ1) is 9.42. The lowest BCUT2D eigenvalue weighted by atomic mass is 10.1. The van der Waals surface area contributed by atoms with Crippen molar-refractivity contribution < 1.29 is 9.26 Å². The van der Waals surface area contributed by atoms with Crippen LogP contribution in [0.25, 0.3) is 17.0 Å². The van der Waals surface area contributed by atoms with Gasteiger partial charge in [-0.2, -0.15) is 10.1 Å². The maximum absolute atomic E-state index is 5.36. The highest BCUT2D eigenvalue weighted by molar-refractivity contribution is 5.74. The molecule has 1 unspecified atom stereocenters. The summed E-state index contributed by atoms with van der Waals surface area (Å²) in [6.45, 7) is 1.44. The van der Waals surface area contributed by atoms with Gasteiger partial charge in [-0.25, -0.2) is 4.52 Å². The van der Waals surface area contributed by atoms with Gasteiger partial charge in [0.05, 0.1) is 23.9 Å². The molecule has 0 saturated carbocycles. The van der Waals surface area contributed by atoms with Gasteiger partial charge < -0.3 is 9.26 Å². The second-order valence-electron chi connectivity index (χ2n) is 4.61.